The van der Waals surface area contributed by atoms with E-state index in [1.807, 2.05) is 0 Å². The van der Waals surface area contributed by atoms with Crippen LogP contribution in [0.1, 0.15) is 58.3 Å². The largest absolute Gasteiger partial charge is 0.356 e. The lowest BCUT2D eigenvalue weighted by Crippen LogP contribution is -2.39. The lowest BCUT2D eigenvalue weighted by molar-refractivity contribution is -0.127. The molecule has 1 amide bonds. The molecule has 1 fully saturated rings. The van der Waals surface area contributed by atoms with Crippen LogP contribution < -0.4 is 10.6 Å². The van der Waals surface area contributed by atoms with Crippen LogP contribution in [0.25, 0.3) is 0 Å². The zero-order valence-corrected chi connectivity index (χ0v) is 14.7. The van der Waals surface area contributed by atoms with E-state index in [1.165, 1.54) is 38.5 Å². The topological polar surface area (TPSA) is 56.7 Å². The molecule has 0 unspecified atom stereocenters. The van der Waals surface area contributed by atoms with Gasteiger partial charge < -0.3 is 15.5 Å². The minimum absolute atomic E-state index is 0.0301. The number of nitrogens with zero attached hydrogens (tertiary/aromatic N) is 2. The summed E-state index contributed by atoms with van der Waals surface area (Å²) in [7, 11) is 3.52. The number of carbonyl (C=O) groups is 1. The molecule has 5 heteroatoms. The number of amides is 1. The number of hydrogen-bond donors (Lipinski definition) is 2. The third-order valence-electron chi connectivity index (χ3n) is 4.25. The molecule has 0 aromatic rings. The molecule has 0 saturated heterocycles. The highest BCUT2D eigenvalue weighted by Gasteiger charge is 2.14. The fourth-order valence-corrected chi connectivity index (χ4v) is 2.74. The predicted octanol–water partition coefficient (Wildman–Crippen LogP) is 2.38. The van der Waals surface area contributed by atoms with E-state index in [0.717, 1.165) is 37.8 Å². The van der Waals surface area contributed by atoms with Crippen LogP contribution in [0.3, 0.4) is 0 Å². The summed E-state index contributed by atoms with van der Waals surface area (Å²) in [4.78, 5) is 17.6. The van der Waals surface area contributed by atoms with Crippen molar-refractivity contribution in [1.29, 1.82) is 0 Å². The fourth-order valence-electron chi connectivity index (χ4n) is 2.74. The zero-order valence-electron chi connectivity index (χ0n) is 14.7. The Morgan fingerprint density at radius 3 is 2.36 bits per heavy atom. The summed E-state index contributed by atoms with van der Waals surface area (Å²) in [5.41, 5.74) is 0. The summed E-state index contributed by atoms with van der Waals surface area (Å²) in [6.07, 6.45) is 10.4. The second-order valence-electron chi connectivity index (χ2n) is 6.45. The number of guanidine groups is 1. The van der Waals surface area contributed by atoms with Crippen molar-refractivity contribution in [3.63, 3.8) is 0 Å². The Hall–Kier alpha value is -1.26. The maximum atomic E-state index is 11.6. The first kappa shape index (κ1) is 18.8. The van der Waals surface area contributed by atoms with E-state index in [0.29, 0.717) is 0 Å². The molecule has 1 aliphatic rings. The first-order chi connectivity index (χ1) is 10.6. The number of nitrogens with one attached hydrogen (secondary N) is 2. The van der Waals surface area contributed by atoms with Gasteiger partial charge in [-0.1, -0.05) is 39.0 Å². The standard InChI is InChI=1S/C17H34N4O/c1-4-5-12-18-17(20-14-16(22)21(2)3)19-13-8-11-15-9-6-7-10-15/h15H,4-14H2,1-3H3,(H2,18,19,20). The van der Waals surface area contributed by atoms with Crippen LogP contribution >= 0.6 is 0 Å². The van der Waals surface area contributed by atoms with Crippen LogP contribution in [-0.2, 0) is 4.79 Å². The van der Waals surface area contributed by atoms with Gasteiger partial charge in [0.25, 0.3) is 0 Å². The maximum Gasteiger partial charge on any atom is 0.243 e. The number of hydrogen-bond acceptors (Lipinski definition) is 2. The van der Waals surface area contributed by atoms with E-state index in [2.05, 4.69) is 22.5 Å². The average Bonchev–Trinajstić information content (AvgIpc) is 3.01. The van der Waals surface area contributed by atoms with Gasteiger partial charge in [0.2, 0.25) is 5.91 Å². The lowest BCUT2D eigenvalue weighted by Gasteiger charge is -2.14. The summed E-state index contributed by atoms with van der Waals surface area (Å²) >= 11 is 0. The van der Waals surface area contributed by atoms with Crippen molar-refractivity contribution < 1.29 is 4.79 Å². The Morgan fingerprint density at radius 1 is 1.14 bits per heavy atom. The molecule has 0 aromatic carbocycles. The van der Waals surface area contributed by atoms with Gasteiger partial charge in [0, 0.05) is 27.2 Å². The van der Waals surface area contributed by atoms with Crippen molar-refractivity contribution in [2.75, 3.05) is 33.7 Å². The molecule has 128 valence electrons. The highest BCUT2D eigenvalue weighted by molar-refractivity contribution is 5.84. The van der Waals surface area contributed by atoms with Gasteiger partial charge in [-0.05, 0) is 25.2 Å². The first-order valence-electron chi connectivity index (χ1n) is 8.85. The molecular weight excluding hydrogens is 276 g/mol. The molecule has 0 aromatic heterocycles. The van der Waals surface area contributed by atoms with Crippen LogP contribution in [0.4, 0.5) is 0 Å². The number of rotatable bonds is 9. The molecule has 1 aliphatic carbocycles. The highest BCUT2D eigenvalue weighted by Crippen LogP contribution is 2.28. The quantitative estimate of drug-likeness (QED) is 0.390. The van der Waals surface area contributed by atoms with Crippen molar-refractivity contribution in [3.05, 3.63) is 0 Å². The third kappa shape index (κ3) is 8.25. The number of aliphatic imine (C=N–C) groups is 1. The molecule has 2 N–H and O–H groups in total. The van der Waals surface area contributed by atoms with E-state index in [-0.39, 0.29) is 12.5 Å². The summed E-state index contributed by atoms with van der Waals surface area (Å²) in [6, 6.07) is 0. The van der Waals surface area contributed by atoms with Gasteiger partial charge in [0.05, 0.1) is 0 Å². The number of unbranched alkanes of at least 4 members (excludes halogenated alkanes) is 1. The number of likely N-dealkylation sites (N-methyl/N-ethyl adjacent to an activating group) is 1. The third-order valence-corrected chi connectivity index (χ3v) is 4.25. The Labute approximate surface area is 135 Å². The van der Waals surface area contributed by atoms with Crippen molar-refractivity contribution >= 4 is 11.9 Å². The Morgan fingerprint density at radius 2 is 1.77 bits per heavy atom. The first-order valence-corrected chi connectivity index (χ1v) is 8.85. The lowest BCUT2D eigenvalue weighted by atomic mass is 10.0. The van der Waals surface area contributed by atoms with Gasteiger partial charge in [-0.25, -0.2) is 4.99 Å². The van der Waals surface area contributed by atoms with Gasteiger partial charge in [-0.15, -0.1) is 0 Å². The average molecular weight is 310 g/mol. The molecule has 0 aliphatic heterocycles. The van der Waals surface area contributed by atoms with E-state index in [1.54, 1.807) is 19.0 Å². The fraction of sp³-hybridized carbons (Fsp3) is 0.882. The van der Waals surface area contributed by atoms with Gasteiger partial charge >= 0.3 is 0 Å². The molecule has 0 radical (unpaired) electrons. The van der Waals surface area contributed by atoms with Crippen LogP contribution in [0.2, 0.25) is 0 Å². The molecule has 0 heterocycles. The maximum absolute atomic E-state index is 11.6. The summed E-state index contributed by atoms with van der Waals surface area (Å²) in [5, 5.41) is 6.68. The molecule has 0 atom stereocenters. The van der Waals surface area contributed by atoms with Crippen molar-refractivity contribution in [2.24, 2.45) is 10.9 Å². The molecule has 22 heavy (non-hydrogen) atoms. The number of carbonyl (C=O) groups excluding carboxylic acids is 1. The predicted molar refractivity (Wildman–Crippen MR) is 93.1 cm³/mol. The SMILES string of the molecule is CCCCNC(=NCC(=O)N(C)C)NCCCC1CCCC1. The van der Waals surface area contributed by atoms with Gasteiger partial charge in [-0.2, -0.15) is 0 Å². The van der Waals surface area contributed by atoms with E-state index in [4.69, 9.17) is 0 Å². The Bertz CT molecular complexity index is 336. The van der Waals surface area contributed by atoms with Crippen molar-refractivity contribution in [2.45, 2.75) is 58.3 Å². The van der Waals surface area contributed by atoms with Crippen molar-refractivity contribution in [3.8, 4) is 0 Å². The second kappa shape index (κ2) is 11.3. The normalized spacial score (nSPS) is 15.9. The van der Waals surface area contributed by atoms with Crippen LogP contribution in [0.15, 0.2) is 4.99 Å². The van der Waals surface area contributed by atoms with E-state index in [9.17, 15) is 4.79 Å². The molecular formula is C17H34N4O. The minimum Gasteiger partial charge on any atom is -0.356 e. The van der Waals surface area contributed by atoms with Gasteiger partial charge in [0.1, 0.15) is 6.54 Å². The molecule has 1 rings (SSSR count). The minimum atomic E-state index is 0.0301. The van der Waals surface area contributed by atoms with E-state index < -0.39 is 0 Å². The summed E-state index contributed by atoms with van der Waals surface area (Å²) in [5.74, 6) is 1.74. The van der Waals surface area contributed by atoms with Gasteiger partial charge in [-0.3, -0.25) is 4.79 Å². The van der Waals surface area contributed by atoms with Crippen LogP contribution in [0.5, 0.6) is 0 Å². The van der Waals surface area contributed by atoms with Crippen LogP contribution in [-0.4, -0.2) is 50.5 Å². The molecule has 0 bridgehead atoms. The summed E-state index contributed by atoms with van der Waals surface area (Å²) < 4.78 is 0. The Kier molecular flexibility index (Phi) is 9.67. The van der Waals surface area contributed by atoms with Crippen molar-refractivity contribution in [1.82, 2.24) is 15.5 Å². The Balaban J connectivity index is 2.29. The molecule has 0 spiro atoms. The van der Waals surface area contributed by atoms with Gasteiger partial charge in [0.15, 0.2) is 5.96 Å². The van der Waals surface area contributed by atoms with E-state index >= 15 is 0 Å². The second-order valence-corrected chi connectivity index (χ2v) is 6.45. The zero-order chi connectivity index (χ0) is 16.2. The molecule has 5 nitrogen and oxygen atoms in total. The highest BCUT2D eigenvalue weighted by atomic mass is 16.2. The summed E-state index contributed by atoms with van der Waals surface area (Å²) in [6.45, 7) is 4.21. The molecule has 1 saturated carbocycles. The monoisotopic (exact) mass is 310 g/mol. The van der Waals surface area contributed by atoms with Crippen LogP contribution in [0, 0.1) is 5.92 Å². The smallest absolute Gasteiger partial charge is 0.243 e.